The van der Waals surface area contributed by atoms with E-state index in [9.17, 15) is 37.6 Å². The average Bonchev–Trinajstić information content (AvgIpc) is 2.84. The van der Waals surface area contributed by atoms with Gasteiger partial charge >= 0.3 is 6.18 Å². The van der Waals surface area contributed by atoms with E-state index < -0.39 is 60.8 Å². The topological polar surface area (TPSA) is 146 Å². The van der Waals surface area contributed by atoms with Crippen LogP contribution in [-0.2, 0) is 25.6 Å². The fourth-order valence-corrected chi connectivity index (χ4v) is 4.05. The zero-order chi connectivity index (χ0) is 27.6. The summed E-state index contributed by atoms with van der Waals surface area (Å²) in [5.41, 5.74) is 2.26. The number of hydroxylamine groups is 1. The smallest absolute Gasteiger partial charge is 0.405 e. The Hall–Kier alpha value is -3.35. The maximum absolute atomic E-state index is 13.4. The maximum atomic E-state index is 13.4. The van der Waals surface area contributed by atoms with Crippen molar-refractivity contribution in [1.29, 1.82) is 0 Å². The van der Waals surface area contributed by atoms with Crippen LogP contribution >= 0.6 is 0 Å². The van der Waals surface area contributed by atoms with Crippen LogP contribution in [-0.4, -0.2) is 60.8 Å². The van der Waals surface area contributed by atoms with Gasteiger partial charge in [-0.25, -0.2) is 5.48 Å². The first-order valence-corrected chi connectivity index (χ1v) is 12.0. The third-order valence-corrected chi connectivity index (χ3v) is 5.83. The molecule has 3 atom stereocenters. The summed E-state index contributed by atoms with van der Waals surface area (Å²) in [6, 6.07) is 5.59. The monoisotopic (exact) mass is 530 g/mol. The molecule has 2 aliphatic rings. The lowest BCUT2D eigenvalue weighted by molar-refractivity contribution is -0.142. The predicted octanol–water partition coefficient (Wildman–Crippen LogP) is 1.47. The Bertz CT molecular complexity index is 939. The molecule has 0 radical (unpaired) electrons. The van der Waals surface area contributed by atoms with Gasteiger partial charge in [-0.2, -0.15) is 13.2 Å². The van der Waals surface area contributed by atoms with E-state index in [1.54, 1.807) is 35.1 Å². The molecule has 2 heterocycles. The van der Waals surface area contributed by atoms with E-state index in [-0.39, 0.29) is 31.8 Å². The van der Waals surface area contributed by atoms with Crippen LogP contribution in [0.1, 0.15) is 38.7 Å². The number of carbonyl (C=O) groups excluding carboxylic acids is 4. The highest BCUT2D eigenvalue weighted by Gasteiger charge is 2.36. The molecule has 1 aromatic rings. The van der Waals surface area contributed by atoms with Gasteiger partial charge in [0.2, 0.25) is 23.6 Å². The first-order chi connectivity index (χ1) is 17.4. The van der Waals surface area contributed by atoms with E-state index >= 15 is 0 Å². The number of benzene rings is 1. The van der Waals surface area contributed by atoms with E-state index in [2.05, 4.69) is 10.6 Å². The Morgan fingerprint density at radius 3 is 2.41 bits per heavy atom. The molecule has 0 spiro atoms. The quantitative estimate of drug-likeness (QED) is 0.267. The number of halogens is 3. The second-order valence-electron chi connectivity index (χ2n) is 9.33. The van der Waals surface area contributed by atoms with Crippen molar-refractivity contribution in [3.63, 3.8) is 0 Å². The van der Waals surface area contributed by atoms with E-state index in [1.807, 2.05) is 13.8 Å². The molecule has 0 aliphatic carbocycles. The third kappa shape index (κ3) is 10.3. The van der Waals surface area contributed by atoms with Gasteiger partial charge in [0, 0.05) is 12.3 Å². The summed E-state index contributed by atoms with van der Waals surface area (Å²) in [6.07, 6.45) is -3.67. The van der Waals surface area contributed by atoms with Crippen LogP contribution in [0, 0.1) is 17.8 Å². The number of carbonyl (C=O) groups is 4. The van der Waals surface area contributed by atoms with E-state index in [4.69, 9.17) is 4.74 Å². The van der Waals surface area contributed by atoms with Gasteiger partial charge < -0.3 is 20.7 Å². The van der Waals surface area contributed by atoms with Crippen molar-refractivity contribution in [2.45, 2.75) is 51.7 Å². The van der Waals surface area contributed by atoms with E-state index in [0.717, 1.165) is 0 Å². The second-order valence-corrected chi connectivity index (χ2v) is 9.33. The molecule has 0 saturated carbocycles. The number of amides is 4. The molecule has 0 aromatic heterocycles. The Balaban J connectivity index is 2.28. The number of hydrogen-bond donors (Lipinski definition) is 5. The molecule has 5 N–H and O–H groups in total. The lowest BCUT2D eigenvalue weighted by Crippen LogP contribution is -2.53. The molecule has 2 bridgehead atoms. The SMILES string of the molecule is CC(C)C[C@H]1C(=O)N[C@H](C(=O)NCC(=O)NCC(F)(F)F)Cc2ccc(cc2)OCCC[C@@H]1C(=O)NO. The molecule has 2 aliphatic heterocycles. The minimum atomic E-state index is -4.60. The van der Waals surface area contributed by atoms with Crippen molar-refractivity contribution in [1.82, 2.24) is 21.4 Å². The zero-order valence-corrected chi connectivity index (χ0v) is 20.7. The van der Waals surface area contributed by atoms with Crippen LogP contribution in [0.3, 0.4) is 0 Å². The molecule has 4 amide bonds. The molecule has 10 nitrogen and oxygen atoms in total. The van der Waals surface area contributed by atoms with Crippen LogP contribution in [0.2, 0.25) is 0 Å². The lowest BCUT2D eigenvalue weighted by atomic mass is 9.81. The van der Waals surface area contributed by atoms with Crippen LogP contribution in [0.15, 0.2) is 24.3 Å². The van der Waals surface area contributed by atoms with Crippen LogP contribution in [0.25, 0.3) is 0 Å². The van der Waals surface area contributed by atoms with Gasteiger partial charge in [0.1, 0.15) is 18.3 Å². The third-order valence-electron chi connectivity index (χ3n) is 5.83. The molecule has 0 fully saturated rings. The minimum absolute atomic E-state index is 0.00343. The van der Waals surface area contributed by atoms with Gasteiger partial charge in [-0.05, 0) is 42.9 Å². The van der Waals surface area contributed by atoms with Crippen molar-refractivity contribution in [3.8, 4) is 5.75 Å². The Morgan fingerprint density at radius 2 is 1.81 bits per heavy atom. The summed E-state index contributed by atoms with van der Waals surface area (Å²) in [6.45, 7) is 1.74. The summed E-state index contributed by atoms with van der Waals surface area (Å²) in [7, 11) is 0. The van der Waals surface area contributed by atoms with Gasteiger partial charge in [-0.3, -0.25) is 24.4 Å². The molecule has 13 heteroatoms. The molecule has 37 heavy (non-hydrogen) atoms. The van der Waals surface area contributed by atoms with E-state index in [0.29, 0.717) is 17.7 Å². The Morgan fingerprint density at radius 1 is 1.14 bits per heavy atom. The standard InChI is InChI=1S/C24H33F3N4O6/c1-14(2)10-18-17(22(34)31-36)4-3-9-37-16-7-5-15(6-8-16)11-19(30-21(18)33)23(35)28-12-20(32)29-13-24(25,26)27/h5-8,14,17-19,36H,3-4,9-13H2,1-2H3,(H,28,35)(H,29,32)(H,30,33)(H,31,34)/t17-,18+,19-/m0/s1. The largest absolute Gasteiger partial charge is 0.494 e. The second kappa shape index (κ2) is 13.8. The Labute approximate surface area is 212 Å². The van der Waals surface area contributed by atoms with Crippen LogP contribution in [0.4, 0.5) is 13.2 Å². The summed E-state index contributed by atoms with van der Waals surface area (Å²) in [5, 5.41) is 15.8. The Kier molecular flexibility index (Phi) is 11.2. The predicted molar refractivity (Wildman–Crippen MR) is 125 cm³/mol. The number of fused-ring (bicyclic) bond motifs is 11. The first kappa shape index (κ1) is 29.9. The summed E-state index contributed by atoms with van der Waals surface area (Å²) < 4.78 is 42.7. The van der Waals surface area contributed by atoms with Crippen molar-refractivity contribution >= 4 is 23.6 Å². The number of hydrogen-bond acceptors (Lipinski definition) is 6. The molecule has 0 unspecified atom stereocenters. The maximum Gasteiger partial charge on any atom is 0.405 e. The highest BCUT2D eigenvalue weighted by molar-refractivity contribution is 5.93. The highest BCUT2D eigenvalue weighted by Crippen LogP contribution is 2.27. The highest BCUT2D eigenvalue weighted by atomic mass is 19.4. The van der Waals surface area contributed by atoms with Gasteiger partial charge in [-0.1, -0.05) is 26.0 Å². The number of alkyl halides is 3. The van der Waals surface area contributed by atoms with Crippen LogP contribution < -0.4 is 26.2 Å². The van der Waals surface area contributed by atoms with Gasteiger partial charge in [0.25, 0.3) is 0 Å². The molecular formula is C24H33F3N4O6. The summed E-state index contributed by atoms with van der Waals surface area (Å²) in [4.78, 5) is 50.5. The number of ether oxygens (including phenoxy) is 1. The fourth-order valence-electron chi connectivity index (χ4n) is 4.05. The van der Waals surface area contributed by atoms with Gasteiger partial charge in [-0.15, -0.1) is 0 Å². The molecule has 0 saturated heterocycles. The molecule has 206 valence electrons. The normalized spacial score (nSPS) is 20.8. The van der Waals surface area contributed by atoms with Gasteiger partial charge in [0.05, 0.1) is 19.1 Å². The average molecular weight is 531 g/mol. The first-order valence-electron chi connectivity index (χ1n) is 12.0. The molecular weight excluding hydrogens is 497 g/mol. The van der Waals surface area contributed by atoms with Crippen LogP contribution in [0.5, 0.6) is 5.75 Å². The van der Waals surface area contributed by atoms with Crippen molar-refractivity contribution in [3.05, 3.63) is 29.8 Å². The zero-order valence-electron chi connectivity index (χ0n) is 20.7. The molecule has 1 aromatic carbocycles. The minimum Gasteiger partial charge on any atom is -0.494 e. The summed E-state index contributed by atoms with van der Waals surface area (Å²) >= 11 is 0. The van der Waals surface area contributed by atoms with Crippen molar-refractivity contribution < 1.29 is 42.3 Å². The van der Waals surface area contributed by atoms with Gasteiger partial charge in [0.15, 0.2) is 0 Å². The number of rotatable bonds is 7. The lowest BCUT2D eigenvalue weighted by Gasteiger charge is -2.28. The van der Waals surface area contributed by atoms with E-state index in [1.165, 1.54) is 0 Å². The van der Waals surface area contributed by atoms with Crippen molar-refractivity contribution in [2.75, 3.05) is 19.7 Å². The molecule has 3 rings (SSSR count). The number of nitrogens with one attached hydrogen (secondary N) is 4. The fraction of sp³-hybridized carbons (Fsp3) is 0.583. The van der Waals surface area contributed by atoms with Crippen molar-refractivity contribution in [2.24, 2.45) is 17.8 Å². The summed E-state index contributed by atoms with van der Waals surface area (Å²) in [5.74, 6) is -4.40.